The lowest BCUT2D eigenvalue weighted by Gasteiger charge is -2.29. The third-order valence-electron chi connectivity index (χ3n) is 1.72. The number of hydrogen-bond acceptors (Lipinski definition) is 2. The number of carbonyl (C=O) groups is 2. The van der Waals surface area contributed by atoms with Gasteiger partial charge in [-0.1, -0.05) is 0 Å². The van der Waals surface area contributed by atoms with E-state index in [2.05, 4.69) is 0 Å². The summed E-state index contributed by atoms with van der Waals surface area (Å²) in [7, 11) is 0. The smallest absolute Gasteiger partial charge is 0.230 e. The van der Waals surface area contributed by atoms with Gasteiger partial charge in [-0.3, -0.25) is 14.5 Å². The molecule has 1 saturated heterocycles. The van der Waals surface area contributed by atoms with Gasteiger partial charge in [-0.15, -0.1) is 0 Å². The molecule has 0 N–H and O–H groups in total. The van der Waals surface area contributed by atoms with Crippen LogP contribution in [0.15, 0.2) is 0 Å². The molecule has 0 aromatic rings. The highest BCUT2D eigenvalue weighted by atomic mass is 16.2. The number of carbonyl (C=O) groups excluding carboxylic acids is 2. The van der Waals surface area contributed by atoms with Crippen molar-refractivity contribution in [1.82, 2.24) is 4.90 Å². The SMILES string of the molecule is CC(C)(C)N1C(=O)CCC1=O. The van der Waals surface area contributed by atoms with E-state index in [4.69, 9.17) is 0 Å². The van der Waals surface area contributed by atoms with Crippen molar-refractivity contribution < 1.29 is 9.59 Å². The van der Waals surface area contributed by atoms with Gasteiger partial charge in [0.15, 0.2) is 0 Å². The van der Waals surface area contributed by atoms with Gasteiger partial charge in [0.1, 0.15) is 0 Å². The molecule has 62 valence electrons. The highest BCUT2D eigenvalue weighted by Crippen LogP contribution is 2.22. The molecule has 1 heterocycles. The lowest BCUT2D eigenvalue weighted by molar-refractivity contribution is -0.143. The summed E-state index contributed by atoms with van der Waals surface area (Å²) in [4.78, 5) is 23.6. The fourth-order valence-electron chi connectivity index (χ4n) is 1.32. The summed E-state index contributed by atoms with van der Waals surface area (Å²) in [6.45, 7) is 5.61. The molecular weight excluding hydrogens is 142 g/mol. The zero-order valence-electron chi connectivity index (χ0n) is 7.18. The largest absolute Gasteiger partial charge is 0.277 e. The van der Waals surface area contributed by atoms with Crippen molar-refractivity contribution >= 4 is 11.8 Å². The Bertz CT molecular complexity index is 187. The lowest BCUT2D eigenvalue weighted by atomic mass is 10.1. The molecule has 1 fully saturated rings. The summed E-state index contributed by atoms with van der Waals surface area (Å²) >= 11 is 0. The topological polar surface area (TPSA) is 37.4 Å². The van der Waals surface area contributed by atoms with Crippen LogP contribution < -0.4 is 0 Å². The van der Waals surface area contributed by atoms with Crippen molar-refractivity contribution in [2.75, 3.05) is 0 Å². The van der Waals surface area contributed by atoms with Crippen LogP contribution in [0.1, 0.15) is 33.6 Å². The fraction of sp³-hybridized carbons (Fsp3) is 0.750. The second kappa shape index (κ2) is 2.32. The molecule has 0 radical (unpaired) electrons. The number of amides is 2. The standard InChI is InChI=1S/C8H13NO2/c1-8(2,3)9-6(10)4-5-7(9)11/h4-5H2,1-3H3. The highest BCUT2D eigenvalue weighted by Gasteiger charge is 2.36. The van der Waals surface area contributed by atoms with Crippen LogP contribution in [-0.2, 0) is 9.59 Å². The molecule has 0 aromatic carbocycles. The van der Waals surface area contributed by atoms with E-state index < -0.39 is 0 Å². The monoisotopic (exact) mass is 155 g/mol. The van der Waals surface area contributed by atoms with Crippen LogP contribution in [0.3, 0.4) is 0 Å². The second-order valence-electron chi connectivity index (χ2n) is 3.79. The molecule has 3 heteroatoms. The van der Waals surface area contributed by atoms with Gasteiger partial charge in [0.2, 0.25) is 11.8 Å². The minimum Gasteiger partial charge on any atom is -0.277 e. The Morgan fingerprint density at radius 2 is 1.45 bits per heavy atom. The van der Waals surface area contributed by atoms with Crippen molar-refractivity contribution in [1.29, 1.82) is 0 Å². The first-order valence-electron chi connectivity index (χ1n) is 3.79. The fourth-order valence-corrected chi connectivity index (χ4v) is 1.32. The molecule has 1 rings (SSSR count). The maximum atomic E-state index is 11.1. The number of rotatable bonds is 0. The molecule has 0 atom stereocenters. The van der Waals surface area contributed by atoms with Crippen LogP contribution in [0, 0.1) is 0 Å². The molecule has 0 unspecified atom stereocenters. The van der Waals surface area contributed by atoms with Gasteiger partial charge in [-0.05, 0) is 20.8 Å². The Morgan fingerprint density at radius 3 is 1.64 bits per heavy atom. The molecule has 0 bridgehead atoms. The zero-order chi connectivity index (χ0) is 8.65. The summed E-state index contributed by atoms with van der Waals surface area (Å²) in [5.41, 5.74) is -0.343. The maximum absolute atomic E-state index is 11.1. The molecule has 3 nitrogen and oxygen atoms in total. The Kier molecular flexibility index (Phi) is 1.74. The summed E-state index contributed by atoms with van der Waals surface area (Å²) in [5.74, 6) is -0.0787. The normalized spacial score (nSPS) is 19.7. The van der Waals surface area contributed by atoms with E-state index in [1.807, 2.05) is 20.8 Å². The molecule has 1 aliphatic heterocycles. The first-order chi connectivity index (χ1) is 4.93. The molecule has 0 spiro atoms. The first-order valence-corrected chi connectivity index (χ1v) is 3.79. The van der Waals surface area contributed by atoms with E-state index in [9.17, 15) is 9.59 Å². The number of likely N-dealkylation sites (tertiary alicyclic amines) is 1. The Labute approximate surface area is 66.4 Å². The predicted octanol–water partition coefficient (Wildman–Crippen LogP) is 0.934. The van der Waals surface area contributed by atoms with Crippen LogP contribution in [0.2, 0.25) is 0 Å². The quantitative estimate of drug-likeness (QED) is 0.488. The van der Waals surface area contributed by atoms with Crippen molar-refractivity contribution in [2.24, 2.45) is 0 Å². The van der Waals surface area contributed by atoms with Gasteiger partial charge in [-0.25, -0.2) is 0 Å². The van der Waals surface area contributed by atoms with E-state index in [1.165, 1.54) is 4.90 Å². The van der Waals surface area contributed by atoms with Crippen LogP contribution >= 0.6 is 0 Å². The maximum Gasteiger partial charge on any atom is 0.230 e. The average Bonchev–Trinajstić information content (AvgIpc) is 2.08. The van der Waals surface area contributed by atoms with E-state index in [-0.39, 0.29) is 17.4 Å². The van der Waals surface area contributed by atoms with E-state index >= 15 is 0 Å². The Hall–Kier alpha value is -0.860. The van der Waals surface area contributed by atoms with Crippen molar-refractivity contribution in [3.63, 3.8) is 0 Å². The summed E-state index contributed by atoms with van der Waals surface area (Å²) in [6, 6.07) is 0. The summed E-state index contributed by atoms with van der Waals surface area (Å²) < 4.78 is 0. The summed E-state index contributed by atoms with van der Waals surface area (Å²) in [5, 5.41) is 0. The van der Waals surface area contributed by atoms with Gasteiger partial charge in [0.25, 0.3) is 0 Å². The van der Waals surface area contributed by atoms with E-state index in [0.29, 0.717) is 12.8 Å². The van der Waals surface area contributed by atoms with Gasteiger partial charge in [0.05, 0.1) is 0 Å². The molecular formula is C8H13NO2. The molecule has 0 aromatic heterocycles. The predicted molar refractivity (Wildman–Crippen MR) is 40.8 cm³/mol. The van der Waals surface area contributed by atoms with E-state index in [1.54, 1.807) is 0 Å². The third-order valence-corrected chi connectivity index (χ3v) is 1.72. The van der Waals surface area contributed by atoms with Crippen molar-refractivity contribution in [3.05, 3.63) is 0 Å². The number of imide groups is 1. The molecule has 2 amide bonds. The van der Waals surface area contributed by atoms with Crippen molar-refractivity contribution in [2.45, 2.75) is 39.2 Å². The molecule has 0 aliphatic carbocycles. The molecule has 11 heavy (non-hydrogen) atoms. The minimum absolute atomic E-state index is 0.0394. The lowest BCUT2D eigenvalue weighted by Crippen LogP contribution is -2.44. The van der Waals surface area contributed by atoms with Crippen LogP contribution in [0.4, 0.5) is 0 Å². The Morgan fingerprint density at radius 1 is 1.09 bits per heavy atom. The van der Waals surface area contributed by atoms with Gasteiger partial charge in [-0.2, -0.15) is 0 Å². The van der Waals surface area contributed by atoms with Crippen LogP contribution in [0.5, 0.6) is 0 Å². The highest BCUT2D eigenvalue weighted by molar-refractivity contribution is 6.02. The summed E-state index contributed by atoms with van der Waals surface area (Å²) in [6.07, 6.45) is 0.770. The van der Waals surface area contributed by atoms with Crippen LogP contribution in [0.25, 0.3) is 0 Å². The van der Waals surface area contributed by atoms with Gasteiger partial charge >= 0.3 is 0 Å². The third kappa shape index (κ3) is 1.42. The minimum atomic E-state index is -0.343. The molecule has 0 saturated carbocycles. The van der Waals surface area contributed by atoms with Crippen molar-refractivity contribution in [3.8, 4) is 0 Å². The molecule has 1 aliphatic rings. The average molecular weight is 155 g/mol. The van der Waals surface area contributed by atoms with Gasteiger partial charge < -0.3 is 0 Å². The Balaban J connectivity index is 2.85. The zero-order valence-corrected chi connectivity index (χ0v) is 7.18. The number of hydrogen-bond donors (Lipinski definition) is 0. The first kappa shape index (κ1) is 8.24. The van der Waals surface area contributed by atoms with E-state index in [0.717, 1.165) is 0 Å². The second-order valence-corrected chi connectivity index (χ2v) is 3.79. The van der Waals surface area contributed by atoms with Gasteiger partial charge in [0, 0.05) is 18.4 Å². The number of nitrogens with zero attached hydrogens (tertiary/aromatic N) is 1. The van der Waals surface area contributed by atoms with Crippen LogP contribution in [-0.4, -0.2) is 22.3 Å².